The lowest BCUT2D eigenvalue weighted by atomic mass is 9.87. The van der Waals surface area contributed by atoms with Crippen LogP contribution in [0.5, 0.6) is 0 Å². The fraction of sp³-hybridized carbons (Fsp3) is 0.609. The molecule has 0 radical (unpaired) electrons. The zero-order chi connectivity index (χ0) is 18.2. The molecule has 1 aromatic carbocycles. The molecule has 3 nitrogen and oxygen atoms in total. The molecule has 1 aliphatic carbocycles. The second-order valence-corrected chi connectivity index (χ2v) is 8.15. The molecule has 1 N–H and O–H groups in total. The summed E-state index contributed by atoms with van der Waals surface area (Å²) in [7, 11) is 0. The highest BCUT2D eigenvalue weighted by Crippen LogP contribution is 2.27. The maximum Gasteiger partial charge on any atom is 0.225 e. The van der Waals surface area contributed by atoms with Crippen molar-refractivity contribution in [3.63, 3.8) is 0 Å². The van der Waals surface area contributed by atoms with Crippen molar-refractivity contribution in [1.82, 2.24) is 10.2 Å². The number of rotatable bonds is 6. The number of piperidine rings is 1. The Morgan fingerprint density at radius 2 is 1.77 bits per heavy atom. The largest absolute Gasteiger partial charge is 0.338 e. The fourth-order valence-electron chi connectivity index (χ4n) is 4.40. The minimum Gasteiger partial charge on any atom is -0.338 e. The molecule has 2 aliphatic rings. The standard InChI is InChI=1S/C23H34N2O/c1-19(16-20-8-4-2-5-9-20)17-25(18-21-12-14-24-15-13-21)23(26)22-10-6-3-7-11-22/h2,4-5,8-9,16,21-22,24H,3,6-7,10-15,17-18H2,1H3. The van der Waals surface area contributed by atoms with E-state index >= 15 is 0 Å². The van der Waals surface area contributed by atoms with E-state index in [9.17, 15) is 4.79 Å². The zero-order valence-electron chi connectivity index (χ0n) is 16.3. The lowest BCUT2D eigenvalue weighted by molar-refractivity contribution is -0.136. The molecule has 142 valence electrons. The Bertz CT molecular complexity index is 583. The van der Waals surface area contributed by atoms with Gasteiger partial charge in [0.05, 0.1) is 0 Å². The first-order valence-corrected chi connectivity index (χ1v) is 10.4. The van der Waals surface area contributed by atoms with Gasteiger partial charge in [-0.05, 0) is 57.2 Å². The van der Waals surface area contributed by atoms with E-state index in [4.69, 9.17) is 0 Å². The summed E-state index contributed by atoms with van der Waals surface area (Å²) in [6.45, 7) is 6.05. The Balaban J connectivity index is 1.68. The molecule has 1 aliphatic heterocycles. The van der Waals surface area contributed by atoms with Crippen LogP contribution in [0, 0.1) is 11.8 Å². The molecule has 3 rings (SSSR count). The van der Waals surface area contributed by atoms with Gasteiger partial charge in [0.15, 0.2) is 0 Å². The van der Waals surface area contributed by atoms with Crippen molar-refractivity contribution < 1.29 is 4.79 Å². The Kier molecular flexibility index (Phi) is 7.31. The van der Waals surface area contributed by atoms with E-state index in [0.29, 0.717) is 11.8 Å². The first kappa shape index (κ1) is 19.2. The van der Waals surface area contributed by atoms with E-state index in [0.717, 1.165) is 39.0 Å². The van der Waals surface area contributed by atoms with Crippen LogP contribution in [0.15, 0.2) is 35.9 Å². The van der Waals surface area contributed by atoms with Crippen LogP contribution < -0.4 is 5.32 Å². The minimum atomic E-state index is 0.259. The van der Waals surface area contributed by atoms with Gasteiger partial charge in [0.1, 0.15) is 0 Å². The van der Waals surface area contributed by atoms with Crippen molar-refractivity contribution in [1.29, 1.82) is 0 Å². The van der Waals surface area contributed by atoms with Gasteiger partial charge < -0.3 is 10.2 Å². The third-order valence-electron chi connectivity index (χ3n) is 5.86. The average molecular weight is 355 g/mol. The summed E-state index contributed by atoms with van der Waals surface area (Å²) in [4.78, 5) is 15.4. The monoisotopic (exact) mass is 354 g/mol. The van der Waals surface area contributed by atoms with Crippen LogP contribution in [0.1, 0.15) is 57.4 Å². The second kappa shape index (κ2) is 9.91. The summed E-state index contributed by atoms with van der Waals surface area (Å²) in [5.74, 6) is 1.31. The lowest BCUT2D eigenvalue weighted by Crippen LogP contribution is -2.43. The SMILES string of the molecule is CC(=Cc1ccccc1)CN(CC1CCNCC1)C(=O)C1CCCCC1. The van der Waals surface area contributed by atoms with Crippen molar-refractivity contribution in [3.05, 3.63) is 41.5 Å². The van der Waals surface area contributed by atoms with Crippen LogP contribution in [-0.2, 0) is 4.79 Å². The Morgan fingerprint density at radius 1 is 1.08 bits per heavy atom. The van der Waals surface area contributed by atoms with Crippen LogP contribution >= 0.6 is 0 Å². The predicted molar refractivity (Wildman–Crippen MR) is 109 cm³/mol. The molecule has 3 heteroatoms. The van der Waals surface area contributed by atoms with Crippen LogP contribution in [0.25, 0.3) is 6.08 Å². The highest BCUT2D eigenvalue weighted by atomic mass is 16.2. The van der Waals surface area contributed by atoms with Crippen LogP contribution in [0.4, 0.5) is 0 Å². The van der Waals surface area contributed by atoms with Gasteiger partial charge >= 0.3 is 0 Å². The van der Waals surface area contributed by atoms with E-state index in [1.807, 2.05) is 6.07 Å². The first-order chi connectivity index (χ1) is 12.7. The number of benzene rings is 1. The number of amides is 1. The number of nitrogens with one attached hydrogen (secondary N) is 1. The molecule has 1 amide bonds. The number of hydrogen-bond acceptors (Lipinski definition) is 2. The predicted octanol–water partition coefficient (Wildman–Crippen LogP) is 4.50. The molecule has 1 aromatic rings. The van der Waals surface area contributed by atoms with E-state index in [1.54, 1.807) is 0 Å². The van der Waals surface area contributed by atoms with Crippen LogP contribution in [0.3, 0.4) is 0 Å². The Morgan fingerprint density at radius 3 is 2.46 bits per heavy atom. The van der Waals surface area contributed by atoms with Crippen LogP contribution in [-0.4, -0.2) is 37.0 Å². The normalized spacial score (nSPS) is 20.1. The topological polar surface area (TPSA) is 32.3 Å². The van der Waals surface area contributed by atoms with Gasteiger partial charge in [-0.25, -0.2) is 0 Å². The van der Waals surface area contributed by atoms with Gasteiger partial charge in [-0.15, -0.1) is 0 Å². The van der Waals surface area contributed by atoms with E-state index in [1.165, 1.54) is 43.2 Å². The molecule has 1 saturated carbocycles. The van der Waals surface area contributed by atoms with Crippen molar-refractivity contribution in [2.75, 3.05) is 26.2 Å². The summed E-state index contributed by atoms with van der Waals surface area (Å²) in [6, 6.07) is 10.4. The van der Waals surface area contributed by atoms with Gasteiger partial charge in [-0.1, -0.05) is 61.2 Å². The molecule has 0 bridgehead atoms. The maximum atomic E-state index is 13.2. The van der Waals surface area contributed by atoms with Crippen molar-refractivity contribution >= 4 is 12.0 Å². The molecular formula is C23H34N2O. The molecule has 1 saturated heterocycles. The summed E-state index contributed by atoms with van der Waals surface area (Å²) in [5.41, 5.74) is 2.49. The summed E-state index contributed by atoms with van der Waals surface area (Å²) in [6.07, 6.45) is 10.5. The molecule has 2 fully saturated rings. The van der Waals surface area contributed by atoms with E-state index in [-0.39, 0.29) is 5.92 Å². The van der Waals surface area contributed by atoms with E-state index in [2.05, 4.69) is 47.5 Å². The van der Waals surface area contributed by atoms with Crippen molar-refractivity contribution in [3.8, 4) is 0 Å². The number of carbonyl (C=O) groups excluding carboxylic acids is 1. The number of carbonyl (C=O) groups is 1. The summed E-state index contributed by atoms with van der Waals surface area (Å²) >= 11 is 0. The Hall–Kier alpha value is -1.61. The number of nitrogens with zero attached hydrogens (tertiary/aromatic N) is 1. The highest BCUT2D eigenvalue weighted by Gasteiger charge is 2.28. The first-order valence-electron chi connectivity index (χ1n) is 10.4. The molecule has 0 atom stereocenters. The van der Waals surface area contributed by atoms with Gasteiger partial charge in [-0.2, -0.15) is 0 Å². The molecular weight excluding hydrogens is 320 g/mol. The maximum absolute atomic E-state index is 13.2. The summed E-state index contributed by atoms with van der Waals surface area (Å²) in [5, 5.41) is 3.44. The average Bonchev–Trinajstić information content (AvgIpc) is 2.69. The van der Waals surface area contributed by atoms with Crippen LogP contribution in [0.2, 0.25) is 0 Å². The third-order valence-corrected chi connectivity index (χ3v) is 5.86. The summed E-state index contributed by atoms with van der Waals surface area (Å²) < 4.78 is 0. The van der Waals surface area contributed by atoms with Crippen molar-refractivity contribution in [2.45, 2.75) is 51.9 Å². The quantitative estimate of drug-likeness (QED) is 0.816. The minimum absolute atomic E-state index is 0.259. The third kappa shape index (κ3) is 5.70. The zero-order valence-corrected chi connectivity index (χ0v) is 16.3. The molecule has 0 spiro atoms. The molecule has 0 aromatic heterocycles. The second-order valence-electron chi connectivity index (χ2n) is 8.15. The molecule has 0 unspecified atom stereocenters. The van der Waals surface area contributed by atoms with Gasteiger partial charge in [0.2, 0.25) is 5.91 Å². The van der Waals surface area contributed by atoms with Gasteiger partial charge in [-0.3, -0.25) is 4.79 Å². The number of hydrogen-bond donors (Lipinski definition) is 1. The fourth-order valence-corrected chi connectivity index (χ4v) is 4.40. The molecule has 26 heavy (non-hydrogen) atoms. The highest BCUT2D eigenvalue weighted by molar-refractivity contribution is 5.79. The van der Waals surface area contributed by atoms with Gasteiger partial charge in [0, 0.05) is 19.0 Å². The Labute approximate surface area is 158 Å². The molecule has 1 heterocycles. The smallest absolute Gasteiger partial charge is 0.225 e. The van der Waals surface area contributed by atoms with Gasteiger partial charge in [0.25, 0.3) is 0 Å². The van der Waals surface area contributed by atoms with Crippen molar-refractivity contribution in [2.24, 2.45) is 11.8 Å². The lowest BCUT2D eigenvalue weighted by Gasteiger charge is -2.34. The van der Waals surface area contributed by atoms with E-state index < -0.39 is 0 Å².